The van der Waals surface area contributed by atoms with Crippen molar-refractivity contribution in [1.29, 1.82) is 0 Å². The van der Waals surface area contributed by atoms with E-state index in [0.29, 0.717) is 6.04 Å². The minimum absolute atomic E-state index is 0.268. The monoisotopic (exact) mass is 267 g/mol. The van der Waals surface area contributed by atoms with E-state index < -0.39 is 0 Å². The van der Waals surface area contributed by atoms with Crippen molar-refractivity contribution in [2.75, 3.05) is 13.2 Å². The van der Waals surface area contributed by atoms with Crippen LogP contribution in [-0.4, -0.2) is 13.2 Å². The first kappa shape index (κ1) is 13.3. The molecule has 1 aliphatic heterocycles. The standard InChI is InChI=1S/C18H21NO/c1-14-7-5-6-10-16(14)18-13-20-12-11-17(19-18)15-8-3-2-4-9-15/h2-10,17-19H,11-13H2,1H3/t17-,18+/m0/s1. The SMILES string of the molecule is Cc1ccccc1[C@H]1COCC[C@@H](c2ccccc2)N1. The highest BCUT2D eigenvalue weighted by Crippen LogP contribution is 2.27. The molecule has 1 aliphatic rings. The lowest BCUT2D eigenvalue weighted by Crippen LogP contribution is -2.27. The number of hydrogen-bond acceptors (Lipinski definition) is 2. The van der Waals surface area contributed by atoms with Gasteiger partial charge in [-0.3, -0.25) is 0 Å². The second kappa shape index (κ2) is 6.21. The van der Waals surface area contributed by atoms with Crippen molar-refractivity contribution >= 4 is 0 Å². The maximum absolute atomic E-state index is 5.81. The van der Waals surface area contributed by atoms with E-state index in [4.69, 9.17) is 4.74 Å². The Morgan fingerprint density at radius 3 is 2.50 bits per heavy atom. The number of benzene rings is 2. The summed E-state index contributed by atoms with van der Waals surface area (Å²) in [5.41, 5.74) is 4.01. The fraction of sp³-hybridized carbons (Fsp3) is 0.333. The Labute approximate surface area is 120 Å². The van der Waals surface area contributed by atoms with E-state index in [9.17, 15) is 0 Å². The quantitative estimate of drug-likeness (QED) is 0.894. The average molecular weight is 267 g/mol. The van der Waals surface area contributed by atoms with Crippen LogP contribution < -0.4 is 5.32 Å². The van der Waals surface area contributed by atoms with Crippen molar-refractivity contribution in [2.45, 2.75) is 25.4 Å². The highest BCUT2D eigenvalue weighted by Gasteiger charge is 2.22. The third-order valence-electron chi connectivity index (χ3n) is 4.00. The fourth-order valence-corrected chi connectivity index (χ4v) is 2.88. The minimum Gasteiger partial charge on any atom is -0.379 e. The number of hydrogen-bond donors (Lipinski definition) is 1. The molecule has 2 aromatic carbocycles. The first-order valence-corrected chi connectivity index (χ1v) is 7.29. The van der Waals surface area contributed by atoms with Gasteiger partial charge in [-0.15, -0.1) is 0 Å². The molecule has 0 aliphatic carbocycles. The van der Waals surface area contributed by atoms with Crippen LogP contribution in [0.2, 0.25) is 0 Å². The Morgan fingerprint density at radius 2 is 1.70 bits per heavy atom. The summed E-state index contributed by atoms with van der Waals surface area (Å²) in [6.45, 7) is 3.72. The highest BCUT2D eigenvalue weighted by molar-refractivity contribution is 5.30. The van der Waals surface area contributed by atoms with Crippen LogP contribution in [0.3, 0.4) is 0 Å². The van der Waals surface area contributed by atoms with Gasteiger partial charge in [-0.05, 0) is 30.0 Å². The zero-order valence-electron chi connectivity index (χ0n) is 11.9. The Kier molecular flexibility index (Phi) is 4.14. The van der Waals surface area contributed by atoms with E-state index in [0.717, 1.165) is 19.6 Å². The number of nitrogens with one attached hydrogen (secondary N) is 1. The molecule has 0 amide bonds. The highest BCUT2D eigenvalue weighted by atomic mass is 16.5. The van der Waals surface area contributed by atoms with Crippen molar-refractivity contribution < 1.29 is 4.74 Å². The van der Waals surface area contributed by atoms with Gasteiger partial charge in [-0.25, -0.2) is 0 Å². The van der Waals surface area contributed by atoms with Crippen molar-refractivity contribution in [1.82, 2.24) is 5.32 Å². The molecule has 1 N–H and O–H groups in total. The van der Waals surface area contributed by atoms with Gasteiger partial charge < -0.3 is 10.1 Å². The van der Waals surface area contributed by atoms with E-state index in [1.165, 1.54) is 16.7 Å². The van der Waals surface area contributed by atoms with Crippen molar-refractivity contribution in [3.05, 3.63) is 71.3 Å². The molecule has 104 valence electrons. The molecule has 2 aromatic rings. The average Bonchev–Trinajstić information content (AvgIpc) is 2.75. The molecule has 0 radical (unpaired) electrons. The van der Waals surface area contributed by atoms with Crippen molar-refractivity contribution in [2.24, 2.45) is 0 Å². The number of ether oxygens (including phenoxy) is 1. The van der Waals surface area contributed by atoms with Gasteiger partial charge in [0, 0.05) is 12.6 Å². The summed E-state index contributed by atoms with van der Waals surface area (Å²) in [6.07, 6.45) is 1.02. The van der Waals surface area contributed by atoms with Gasteiger partial charge >= 0.3 is 0 Å². The zero-order chi connectivity index (χ0) is 13.8. The molecule has 1 heterocycles. The summed E-state index contributed by atoms with van der Waals surface area (Å²) in [5, 5.41) is 3.76. The van der Waals surface area contributed by atoms with Gasteiger partial charge in [0.15, 0.2) is 0 Å². The molecule has 3 rings (SSSR count). The maximum Gasteiger partial charge on any atom is 0.0661 e. The number of aryl methyl sites for hydroxylation is 1. The third-order valence-corrected chi connectivity index (χ3v) is 4.00. The predicted octanol–water partition coefficient (Wildman–Crippen LogP) is 3.79. The predicted molar refractivity (Wildman–Crippen MR) is 81.7 cm³/mol. The van der Waals surface area contributed by atoms with Crippen molar-refractivity contribution in [3.8, 4) is 0 Å². The molecule has 2 nitrogen and oxygen atoms in total. The summed E-state index contributed by atoms with van der Waals surface area (Å²) >= 11 is 0. The van der Waals surface area contributed by atoms with E-state index in [-0.39, 0.29) is 6.04 Å². The molecule has 2 atom stereocenters. The van der Waals surface area contributed by atoms with Gasteiger partial charge in [-0.1, -0.05) is 54.6 Å². The van der Waals surface area contributed by atoms with Crippen LogP contribution in [0.25, 0.3) is 0 Å². The summed E-state index contributed by atoms with van der Waals surface area (Å²) in [5.74, 6) is 0. The van der Waals surface area contributed by atoms with E-state index in [1.807, 2.05) is 0 Å². The third kappa shape index (κ3) is 2.92. The van der Waals surface area contributed by atoms with Crippen LogP contribution in [0.1, 0.15) is 35.2 Å². The lowest BCUT2D eigenvalue weighted by molar-refractivity contribution is 0.131. The van der Waals surface area contributed by atoms with Crippen LogP contribution in [-0.2, 0) is 4.74 Å². The summed E-state index contributed by atoms with van der Waals surface area (Å²) < 4.78 is 5.81. The minimum atomic E-state index is 0.268. The first-order chi connectivity index (χ1) is 9.84. The lowest BCUT2D eigenvalue weighted by atomic mass is 9.99. The first-order valence-electron chi connectivity index (χ1n) is 7.29. The van der Waals surface area contributed by atoms with Gasteiger partial charge in [0.1, 0.15) is 0 Å². The molecule has 1 fully saturated rings. The second-order valence-electron chi connectivity index (χ2n) is 5.40. The van der Waals surface area contributed by atoms with Gasteiger partial charge in [0.05, 0.1) is 12.6 Å². The molecule has 20 heavy (non-hydrogen) atoms. The Hall–Kier alpha value is -1.64. The topological polar surface area (TPSA) is 21.3 Å². The fourth-order valence-electron chi connectivity index (χ4n) is 2.88. The zero-order valence-corrected chi connectivity index (χ0v) is 11.9. The molecule has 1 saturated heterocycles. The molecular formula is C18H21NO. The number of rotatable bonds is 2. The van der Waals surface area contributed by atoms with Crippen LogP contribution in [0.4, 0.5) is 0 Å². The van der Waals surface area contributed by atoms with E-state index >= 15 is 0 Å². The van der Waals surface area contributed by atoms with E-state index in [2.05, 4.69) is 66.8 Å². The van der Waals surface area contributed by atoms with Crippen LogP contribution in [0, 0.1) is 6.92 Å². The molecule has 0 bridgehead atoms. The van der Waals surface area contributed by atoms with Crippen LogP contribution in [0.15, 0.2) is 54.6 Å². The summed E-state index contributed by atoms with van der Waals surface area (Å²) in [4.78, 5) is 0. The Bertz CT molecular complexity index is 552. The molecule has 2 heteroatoms. The Balaban J connectivity index is 1.84. The Morgan fingerprint density at radius 1 is 0.950 bits per heavy atom. The lowest BCUT2D eigenvalue weighted by Gasteiger charge is -2.23. The smallest absolute Gasteiger partial charge is 0.0661 e. The van der Waals surface area contributed by atoms with Crippen LogP contribution in [0.5, 0.6) is 0 Å². The normalized spacial score (nSPS) is 23.2. The van der Waals surface area contributed by atoms with Gasteiger partial charge in [0.25, 0.3) is 0 Å². The van der Waals surface area contributed by atoms with Crippen molar-refractivity contribution in [3.63, 3.8) is 0 Å². The summed E-state index contributed by atoms with van der Waals surface area (Å²) in [6, 6.07) is 19.8. The van der Waals surface area contributed by atoms with Crippen LogP contribution >= 0.6 is 0 Å². The van der Waals surface area contributed by atoms with Gasteiger partial charge in [0.2, 0.25) is 0 Å². The molecule has 0 spiro atoms. The summed E-state index contributed by atoms with van der Waals surface area (Å²) in [7, 11) is 0. The largest absolute Gasteiger partial charge is 0.379 e. The molecule has 0 saturated carbocycles. The molecular weight excluding hydrogens is 246 g/mol. The molecule has 0 unspecified atom stereocenters. The maximum atomic E-state index is 5.81. The van der Waals surface area contributed by atoms with E-state index in [1.54, 1.807) is 0 Å². The van der Waals surface area contributed by atoms with Gasteiger partial charge in [-0.2, -0.15) is 0 Å². The second-order valence-corrected chi connectivity index (χ2v) is 5.40. The molecule has 0 aromatic heterocycles.